The molecule has 4 heteroatoms. The summed E-state index contributed by atoms with van der Waals surface area (Å²) in [6.45, 7) is 5.35. The van der Waals surface area contributed by atoms with Crippen molar-refractivity contribution in [3.8, 4) is 0 Å². The SMILES string of the molecule is C=C/C(C)=C(/CN)CCC(F)(F)F. The van der Waals surface area contributed by atoms with Crippen molar-refractivity contribution in [2.45, 2.75) is 25.9 Å². The van der Waals surface area contributed by atoms with E-state index in [4.69, 9.17) is 5.73 Å². The van der Waals surface area contributed by atoms with E-state index in [9.17, 15) is 13.2 Å². The van der Waals surface area contributed by atoms with Crippen LogP contribution in [0.15, 0.2) is 23.8 Å². The molecule has 0 heterocycles. The van der Waals surface area contributed by atoms with Crippen LogP contribution in [0.4, 0.5) is 13.2 Å². The summed E-state index contributed by atoms with van der Waals surface area (Å²) in [5.41, 5.74) is 6.67. The Balaban J connectivity index is 4.24. The molecule has 1 nitrogen and oxygen atoms in total. The van der Waals surface area contributed by atoms with E-state index in [2.05, 4.69) is 6.58 Å². The van der Waals surface area contributed by atoms with Crippen LogP contribution in [0.5, 0.6) is 0 Å². The van der Waals surface area contributed by atoms with Crippen LogP contribution >= 0.6 is 0 Å². The van der Waals surface area contributed by atoms with Crippen LogP contribution in [0.3, 0.4) is 0 Å². The number of alkyl halides is 3. The molecule has 0 atom stereocenters. The lowest BCUT2D eigenvalue weighted by Gasteiger charge is -2.09. The van der Waals surface area contributed by atoms with Gasteiger partial charge in [-0.15, -0.1) is 0 Å². The Morgan fingerprint density at radius 1 is 1.46 bits per heavy atom. The lowest BCUT2D eigenvalue weighted by Crippen LogP contribution is -2.11. The van der Waals surface area contributed by atoms with Crippen molar-refractivity contribution in [3.05, 3.63) is 23.8 Å². The molecule has 0 bridgehead atoms. The molecule has 0 saturated carbocycles. The van der Waals surface area contributed by atoms with E-state index >= 15 is 0 Å². The highest BCUT2D eigenvalue weighted by Gasteiger charge is 2.26. The van der Waals surface area contributed by atoms with Gasteiger partial charge in [0.25, 0.3) is 0 Å². The maximum absolute atomic E-state index is 11.8. The van der Waals surface area contributed by atoms with Crippen molar-refractivity contribution in [1.82, 2.24) is 0 Å². The molecule has 0 saturated heterocycles. The van der Waals surface area contributed by atoms with Crippen molar-refractivity contribution < 1.29 is 13.2 Å². The van der Waals surface area contributed by atoms with E-state index in [1.165, 1.54) is 6.08 Å². The molecule has 13 heavy (non-hydrogen) atoms. The van der Waals surface area contributed by atoms with Gasteiger partial charge >= 0.3 is 6.18 Å². The first kappa shape index (κ1) is 12.2. The molecule has 0 aromatic heterocycles. The van der Waals surface area contributed by atoms with Crippen molar-refractivity contribution in [3.63, 3.8) is 0 Å². The van der Waals surface area contributed by atoms with Crippen LogP contribution in [0, 0.1) is 0 Å². The zero-order valence-corrected chi connectivity index (χ0v) is 7.62. The molecule has 0 aromatic rings. The number of hydrogen-bond donors (Lipinski definition) is 1. The Kier molecular flexibility index (Phi) is 4.77. The summed E-state index contributed by atoms with van der Waals surface area (Å²) in [7, 11) is 0. The molecule has 0 rings (SSSR count). The number of nitrogens with two attached hydrogens (primary N) is 1. The molecule has 0 unspecified atom stereocenters. The maximum atomic E-state index is 11.8. The fourth-order valence-corrected chi connectivity index (χ4v) is 0.897. The number of hydrogen-bond acceptors (Lipinski definition) is 1. The normalized spacial score (nSPS) is 13.9. The summed E-state index contributed by atoms with van der Waals surface area (Å²) in [4.78, 5) is 0. The van der Waals surface area contributed by atoms with Crippen LogP contribution in [0.25, 0.3) is 0 Å². The third-order valence-corrected chi connectivity index (χ3v) is 1.82. The van der Waals surface area contributed by atoms with Gasteiger partial charge in [0.2, 0.25) is 0 Å². The van der Waals surface area contributed by atoms with Gasteiger partial charge < -0.3 is 5.73 Å². The molecule has 0 spiro atoms. The van der Waals surface area contributed by atoms with Crippen molar-refractivity contribution in [2.24, 2.45) is 5.73 Å². The van der Waals surface area contributed by atoms with Gasteiger partial charge in [0.05, 0.1) is 0 Å². The average Bonchev–Trinajstić information content (AvgIpc) is 2.03. The lowest BCUT2D eigenvalue weighted by molar-refractivity contribution is -0.134. The number of halogens is 3. The third-order valence-electron chi connectivity index (χ3n) is 1.82. The summed E-state index contributed by atoms with van der Waals surface area (Å²) in [6.07, 6.45) is -3.43. The molecule has 0 aliphatic heterocycles. The van der Waals surface area contributed by atoms with E-state index in [1.54, 1.807) is 6.92 Å². The Labute approximate surface area is 76.1 Å². The Hall–Kier alpha value is -0.770. The highest BCUT2D eigenvalue weighted by atomic mass is 19.4. The van der Waals surface area contributed by atoms with Gasteiger partial charge in [-0.2, -0.15) is 13.2 Å². The van der Waals surface area contributed by atoms with Crippen LogP contribution in [0.2, 0.25) is 0 Å². The maximum Gasteiger partial charge on any atom is 0.389 e. The largest absolute Gasteiger partial charge is 0.389 e. The van der Waals surface area contributed by atoms with Crippen LogP contribution in [-0.4, -0.2) is 12.7 Å². The second-order valence-electron chi connectivity index (χ2n) is 2.81. The molecular weight excluding hydrogens is 179 g/mol. The summed E-state index contributed by atoms with van der Waals surface area (Å²) in [5, 5.41) is 0. The minimum atomic E-state index is -4.11. The van der Waals surface area contributed by atoms with Crippen molar-refractivity contribution in [1.29, 1.82) is 0 Å². The zero-order valence-electron chi connectivity index (χ0n) is 7.62. The molecule has 76 valence electrons. The second-order valence-corrected chi connectivity index (χ2v) is 2.81. The second kappa shape index (κ2) is 5.07. The van der Waals surface area contributed by atoms with Gasteiger partial charge in [0.1, 0.15) is 0 Å². The summed E-state index contributed by atoms with van der Waals surface area (Å²) in [6, 6.07) is 0. The summed E-state index contributed by atoms with van der Waals surface area (Å²) >= 11 is 0. The highest BCUT2D eigenvalue weighted by molar-refractivity contribution is 5.22. The average molecular weight is 193 g/mol. The molecule has 0 aliphatic carbocycles. The van der Waals surface area contributed by atoms with Gasteiger partial charge in [-0.3, -0.25) is 0 Å². The fourth-order valence-electron chi connectivity index (χ4n) is 0.897. The number of rotatable bonds is 4. The molecule has 2 N–H and O–H groups in total. The molecule has 0 fully saturated rings. The highest BCUT2D eigenvalue weighted by Crippen LogP contribution is 2.24. The predicted molar refractivity (Wildman–Crippen MR) is 47.2 cm³/mol. The Morgan fingerprint density at radius 2 is 2.00 bits per heavy atom. The van der Waals surface area contributed by atoms with Gasteiger partial charge in [-0.25, -0.2) is 0 Å². The summed E-state index contributed by atoms with van der Waals surface area (Å²) in [5.74, 6) is 0. The van der Waals surface area contributed by atoms with E-state index in [0.717, 1.165) is 5.57 Å². The van der Waals surface area contributed by atoms with E-state index in [1.807, 2.05) is 0 Å². The Morgan fingerprint density at radius 3 is 2.31 bits per heavy atom. The topological polar surface area (TPSA) is 26.0 Å². The first-order valence-electron chi connectivity index (χ1n) is 3.98. The zero-order chi connectivity index (χ0) is 10.5. The third kappa shape index (κ3) is 5.47. The van der Waals surface area contributed by atoms with Crippen molar-refractivity contribution >= 4 is 0 Å². The first-order valence-corrected chi connectivity index (χ1v) is 3.98. The van der Waals surface area contributed by atoms with Gasteiger partial charge in [-0.1, -0.05) is 23.8 Å². The predicted octanol–water partition coefficient (Wildman–Crippen LogP) is 2.79. The van der Waals surface area contributed by atoms with Gasteiger partial charge in [-0.05, 0) is 13.3 Å². The lowest BCUT2D eigenvalue weighted by atomic mass is 10.0. The van der Waals surface area contributed by atoms with Crippen LogP contribution in [-0.2, 0) is 0 Å². The monoisotopic (exact) mass is 193 g/mol. The van der Waals surface area contributed by atoms with Gasteiger partial charge in [0, 0.05) is 13.0 Å². The minimum absolute atomic E-state index is 0.0299. The molecular formula is C9H14F3N. The summed E-state index contributed by atoms with van der Waals surface area (Å²) < 4.78 is 35.5. The van der Waals surface area contributed by atoms with Crippen LogP contribution in [0.1, 0.15) is 19.8 Å². The molecule has 0 aliphatic rings. The van der Waals surface area contributed by atoms with Gasteiger partial charge in [0.15, 0.2) is 0 Å². The molecule has 0 aromatic carbocycles. The fraction of sp³-hybridized carbons (Fsp3) is 0.556. The minimum Gasteiger partial charge on any atom is -0.327 e. The van der Waals surface area contributed by atoms with E-state index in [0.29, 0.717) is 5.57 Å². The standard InChI is InChI=1S/C9H14F3N/c1-3-7(2)8(6-13)4-5-9(10,11)12/h3H,1,4-6,13H2,2H3/b8-7+. The van der Waals surface area contributed by atoms with E-state index < -0.39 is 12.6 Å². The number of allylic oxidation sites excluding steroid dienone is 2. The molecule has 0 amide bonds. The smallest absolute Gasteiger partial charge is 0.327 e. The van der Waals surface area contributed by atoms with Crippen molar-refractivity contribution in [2.75, 3.05) is 6.54 Å². The van der Waals surface area contributed by atoms with E-state index in [-0.39, 0.29) is 13.0 Å². The van der Waals surface area contributed by atoms with Crippen LogP contribution < -0.4 is 5.73 Å². The Bertz CT molecular complexity index is 203. The quantitative estimate of drug-likeness (QED) is 0.682. The first-order chi connectivity index (χ1) is 5.90. The molecule has 0 radical (unpaired) electrons.